The second kappa shape index (κ2) is 8.00. The van der Waals surface area contributed by atoms with E-state index >= 15 is 0 Å². The minimum atomic E-state index is -0.248. The summed E-state index contributed by atoms with van der Waals surface area (Å²) in [5.74, 6) is 0. The van der Waals surface area contributed by atoms with Gasteiger partial charge in [0.15, 0.2) is 5.58 Å². The standard InChI is InChI=1S/C21H16N4O.ClH/c22-12-14-9-10-15(24-13-14)11-19(23)16-5-1-2-6-17(16)21-18-7-3-4-8-20(18)26-25-21;/h1-10,13,19H,11,23H2;1H/t19-;/m0./s1. The van der Waals surface area contributed by atoms with Crippen LogP contribution in [-0.2, 0) is 6.42 Å². The molecule has 2 heterocycles. The van der Waals surface area contributed by atoms with Crippen LogP contribution in [0, 0.1) is 11.3 Å². The number of para-hydroxylation sites is 1. The first-order chi connectivity index (χ1) is 12.8. The highest BCUT2D eigenvalue weighted by atomic mass is 35.5. The Labute approximate surface area is 162 Å². The summed E-state index contributed by atoms with van der Waals surface area (Å²) in [5.41, 5.74) is 11.3. The SMILES string of the molecule is Cl.N#Cc1ccc(C[C@H](N)c2ccccc2-c2noc3ccccc23)nc1. The summed E-state index contributed by atoms with van der Waals surface area (Å²) < 4.78 is 5.45. The largest absolute Gasteiger partial charge is 0.356 e. The van der Waals surface area contributed by atoms with Crippen molar-refractivity contribution in [1.29, 1.82) is 5.26 Å². The van der Waals surface area contributed by atoms with Crippen molar-refractivity contribution in [2.75, 3.05) is 0 Å². The van der Waals surface area contributed by atoms with Gasteiger partial charge in [-0.2, -0.15) is 5.26 Å². The van der Waals surface area contributed by atoms with Gasteiger partial charge in [0.05, 0.1) is 5.56 Å². The van der Waals surface area contributed by atoms with Gasteiger partial charge in [-0.15, -0.1) is 12.4 Å². The molecule has 0 aliphatic rings. The van der Waals surface area contributed by atoms with E-state index < -0.39 is 0 Å². The number of aromatic nitrogens is 2. The number of hydrogen-bond acceptors (Lipinski definition) is 5. The predicted octanol–water partition coefficient (Wildman–Crippen LogP) is 4.43. The topological polar surface area (TPSA) is 88.7 Å². The molecule has 0 saturated heterocycles. The summed E-state index contributed by atoms with van der Waals surface area (Å²) in [6, 6.07) is 21.1. The van der Waals surface area contributed by atoms with E-state index in [9.17, 15) is 0 Å². The molecule has 0 spiro atoms. The molecule has 0 aliphatic carbocycles. The van der Waals surface area contributed by atoms with E-state index in [4.69, 9.17) is 15.5 Å². The number of pyridine rings is 1. The van der Waals surface area contributed by atoms with E-state index in [-0.39, 0.29) is 18.4 Å². The van der Waals surface area contributed by atoms with Crippen molar-refractivity contribution in [1.82, 2.24) is 10.1 Å². The Balaban J connectivity index is 0.00000210. The molecule has 27 heavy (non-hydrogen) atoms. The number of halogens is 1. The van der Waals surface area contributed by atoms with Gasteiger partial charge in [-0.25, -0.2) is 0 Å². The Hall–Kier alpha value is -3.20. The van der Waals surface area contributed by atoms with Crippen LogP contribution in [-0.4, -0.2) is 10.1 Å². The maximum absolute atomic E-state index is 8.89. The summed E-state index contributed by atoms with van der Waals surface area (Å²) >= 11 is 0. The molecule has 0 radical (unpaired) electrons. The molecule has 4 rings (SSSR count). The van der Waals surface area contributed by atoms with Crippen LogP contribution >= 0.6 is 12.4 Å². The number of hydrogen-bond donors (Lipinski definition) is 1. The lowest BCUT2D eigenvalue weighted by Crippen LogP contribution is -2.15. The Bertz CT molecular complexity index is 1100. The fourth-order valence-electron chi connectivity index (χ4n) is 3.06. The average Bonchev–Trinajstić information content (AvgIpc) is 3.12. The van der Waals surface area contributed by atoms with E-state index in [2.05, 4.69) is 16.2 Å². The van der Waals surface area contributed by atoms with Crippen LogP contribution < -0.4 is 5.73 Å². The smallest absolute Gasteiger partial charge is 0.167 e. The molecule has 0 bridgehead atoms. The van der Waals surface area contributed by atoms with Crippen LogP contribution in [0.3, 0.4) is 0 Å². The van der Waals surface area contributed by atoms with Crippen molar-refractivity contribution in [2.45, 2.75) is 12.5 Å². The Kier molecular flexibility index (Phi) is 5.51. The van der Waals surface area contributed by atoms with Crippen LogP contribution in [0.5, 0.6) is 0 Å². The van der Waals surface area contributed by atoms with Crippen molar-refractivity contribution in [3.8, 4) is 17.3 Å². The Morgan fingerprint density at radius 2 is 1.81 bits per heavy atom. The van der Waals surface area contributed by atoms with Gasteiger partial charge in [0.25, 0.3) is 0 Å². The minimum Gasteiger partial charge on any atom is -0.356 e. The highest BCUT2D eigenvalue weighted by molar-refractivity contribution is 5.92. The molecule has 6 heteroatoms. The molecule has 2 aromatic heterocycles. The lowest BCUT2D eigenvalue weighted by atomic mass is 9.94. The first kappa shape index (κ1) is 18.6. The molecule has 5 nitrogen and oxygen atoms in total. The molecule has 0 amide bonds. The third kappa shape index (κ3) is 3.68. The zero-order valence-electron chi connectivity index (χ0n) is 14.4. The third-order valence-corrected chi connectivity index (χ3v) is 4.38. The van der Waals surface area contributed by atoms with E-state index in [1.165, 1.54) is 0 Å². The molecule has 2 aromatic carbocycles. The number of rotatable bonds is 4. The van der Waals surface area contributed by atoms with Gasteiger partial charge in [0.2, 0.25) is 0 Å². The summed E-state index contributed by atoms with van der Waals surface area (Å²) in [4.78, 5) is 4.32. The van der Waals surface area contributed by atoms with Crippen molar-refractivity contribution in [3.63, 3.8) is 0 Å². The Morgan fingerprint density at radius 1 is 1.04 bits per heavy atom. The van der Waals surface area contributed by atoms with Crippen LogP contribution in [0.1, 0.15) is 22.9 Å². The highest BCUT2D eigenvalue weighted by Crippen LogP contribution is 2.33. The van der Waals surface area contributed by atoms with Gasteiger partial charge < -0.3 is 10.3 Å². The molecule has 134 valence electrons. The summed E-state index contributed by atoms with van der Waals surface area (Å²) in [6.07, 6.45) is 2.14. The van der Waals surface area contributed by atoms with Crippen LogP contribution in [0.2, 0.25) is 0 Å². The molecule has 1 atom stereocenters. The molecular formula is C21H17ClN4O. The first-order valence-electron chi connectivity index (χ1n) is 8.30. The number of nitrogens with zero attached hydrogens (tertiary/aromatic N) is 3. The fraction of sp³-hybridized carbons (Fsp3) is 0.0952. The van der Waals surface area contributed by atoms with Gasteiger partial charge in [0, 0.05) is 35.3 Å². The van der Waals surface area contributed by atoms with E-state index in [0.29, 0.717) is 12.0 Å². The molecule has 2 N–H and O–H groups in total. The van der Waals surface area contributed by atoms with Gasteiger partial charge >= 0.3 is 0 Å². The zero-order chi connectivity index (χ0) is 17.9. The van der Waals surface area contributed by atoms with Crippen LogP contribution in [0.15, 0.2) is 71.4 Å². The van der Waals surface area contributed by atoms with Crippen molar-refractivity contribution >= 4 is 23.4 Å². The van der Waals surface area contributed by atoms with Crippen molar-refractivity contribution < 1.29 is 4.52 Å². The number of nitrogens with two attached hydrogens (primary N) is 1. The lowest BCUT2D eigenvalue weighted by molar-refractivity contribution is 0.459. The third-order valence-electron chi connectivity index (χ3n) is 4.38. The molecule has 4 aromatic rings. The van der Waals surface area contributed by atoms with Gasteiger partial charge in [-0.3, -0.25) is 4.98 Å². The number of benzene rings is 2. The molecular weight excluding hydrogens is 360 g/mol. The minimum absolute atomic E-state index is 0. The summed E-state index contributed by atoms with van der Waals surface area (Å²) in [7, 11) is 0. The molecule has 0 fully saturated rings. The summed E-state index contributed by atoms with van der Waals surface area (Å²) in [6.45, 7) is 0. The molecule has 0 unspecified atom stereocenters. The highest BCUT2D eigenvalue weighted by Gasteiger charge is 2.17. The molecule has 0 aliphatic heterocycles. The van der Waals surface area contributed by atoms with Crippen molar-refractivity contribution in [3.05, 3.63) is 83.7 Å². The zero-order valence-corrected chi connectivity index (χ0v) is 15.2. The second-order valence-corrected chi connectivity index (χ2v) is 6.08. The van der Waals surface area contributed by atoms with E-state index in [0.717, 1.165) is 33.5 Å². The normalized spacial score (nSPS) is 11.6. The van der Waals surface area contributed by atoms with E-state index in [1.807, 2.05) is 54.6 Å². The monoisotopic (exact) mass is 376 g/mol. The predicted molar refractivity (Wildman–Crippen MR) is 106 cm³/mol. The van der Waals surface area contributed by atoms with Crippen molar-refractivity contribution in [2.24, 2.45) is 5.73 Å². The molecule has 0 saturated carbocycles. The first-order valence-corrected chi connectivity index (χ1v) is 8.30. The van der Waals surface area contributed by atoms with Crippen LogP contribution in [0.4, 0.5) is 0 Å². The number of fused-ring (bicyclic) bond motifs is 1. The number of nitriles is 1. The van der Waals surface area contributed by atoms with Crippen LogP contribution in [0.25, 0.3) is 22.2 Å². The second-order valence-electron chi connectivity index (χ2n) is 6.08. The van der Waals surface area contributed by atoms with E-state index in [1.54, 1.807) is 12.3 Å². The van der Waals surface area contributed by atoms with Gasteiger partial charge in [-0.1, -0.05) is 41.6 Å². The van der Waals surface area contributed by atoms with Gasteiger partial charge in [-0.05, 0) is 29.8 Å². The fourth-order valence-corrected chi connectivity index (χ4v) is 3.06. The quantitative estimate of drug-likeness (QED) is 0.569. The summed E-state index contributed by atoms with van der Waals surface area (Å²) in [5, 5.41) is 14.1. The Morgan fingerprint density at radius 3 is 2.59 bits per heavy atom. The lowest BCUT2D eigenvalue weighted by Gasteiger charge is -2.15. The van der Waals surface area contributed by atoms with Gasteiger partial charge in [0.1, 0.15) is 11.8 Å². The average molecular weight is 377 g/mol. The maximum Gasteiger partial charge on any atom is 0.167 e. The maximum atomic E-state index is 8.89.